The summed E-state index contributed by atoms with van der Waals surface area (Å²) in [6, 6.07) is 19.8. The second kappa shape index (κ2) is 6.53. The molecule has 0 radical (unpaired) electrons. The number of nitrogens with one attached hydrogen (secondary N) is 1. The third kappa shape index (κ3) is 3.19. The van der Waals surface area contributed by atoms with E-state index in [9.17, 15) is 5.11 Å². The topological polar surface area (TPSA) is 58.0 Å². The van der Waals surface area contributed by atoms with Crippen LogP contribution in [0, 0.1) is 0 Å². The lowest BCUT2D eigenvalue weighted by Crippen LogP contribution is -2.08. The first-order valence-corrected chi connectivity index (χ1v) is 8.88. The van der Waals surface area contributed by atoms with E-state index < -0.39 is 0 Å². The van der Waals surface area contributed by atoms with Crippen LogP contribution in [0.2, 0.25) is 0 Å². The van der Waals surface area contributed by atoms with E-state index in [2.05, 4.69) is 40.4 Å². The molecule has 0 saturated carbocycles. The first-order chi connectivity index (χ1) is 12.2. The van der Waals surface area contributed by atoms with Crippen LogP contribution in [0.5, 0.6) is 5.75 Å². The maximum absolute atomic E-state index is 9.71. The van der Waals surface area contributed by atoms with Gasteiger partial charge in [-0.1, -0.05) is 42.5 Å². The van der Waals surface area contributed by atoms with E-state index in [-0.39, 0.29) is 11.8 Å². The monoisotopic (exact) mass is 347 g/mol. The molecule has 2 heterocycles. The molecule has 0 aliphatic rings. The van der Waals surface area contributed by atoms with Crippen LogP contribution in [0.4, 0.5) is 5.82 Å². The number of rotatable bonds is 4. The molecule has 2 aromatic carbocycles. The fourth-order valence-electron chi connectivity index (χ4n) is 2.80. The van der Waals surface area contributed by atoms with Crippen molar-refractivity contribution in [2.24, 2.45) is 0 Å². The quantitative estimate of drug-likeness (QED) is 0.530. The Labute approximate surface area is 149 Å². The maximum atomic E-state index is 9.71. The molecule has 1 atom stereocenters. The number of aromatic hydroxyl groups is 1. The Morgan fingerprint density at radius 1 is 1.00 bits per heavy atom. The number of phenols is 1. The van der Waals surface area contributed by atoms with Gasteiger partial charge < -0.3 is 10.4 Å². The van der Waals surface area contributed by atoms with Crippen molar-refractivity contribution in [1.82, 2.24) is 9.97 Å². The van der Waals surface area contributed by atoms with Crippen LogP contribution in [-0.2, 0) is 0 Å². The molecule has 0 aliphatic heterocycles. The molecule has 0 saturated heterocycles. The van der Waals surface area contributed by atoms with Crippen molar-refractivity contribution < 1.29 is 5.11 Å². The minimum atomic E-state index is 0.142. The van der Waals surface area contributed by atoms with Crippen molar-refractivity contribution in [2.45, 2.75) is 13.0 Å². The van der Waals surface area contributed by atoms with Gasteiger partial charge in [-0.25, -0.2) is 9.97 Å². The van der Waals surface area contributed by atoms with E-state index in [0.717, 1.165) is 26.5 Å². The second-order valence-electron chi connectivity index (χ2n) is 5.88. The summed E-state index contributed by atoms with van der Waals surface area (Å²) in [5.74, 6) is 1.08. The molecule has 0 fully saturated rings. The minimum Gasteiger partial charge on any atom is -0.508 e. The van der Waals surface area contributed by atoms with Gasteiger partial charge in [0.1, 0.15) is 22.7 Å². The molecule has 0 bridgehead atoms. The highest BCUT2D eigenvalue weighted by Crippen LogP contribution is 2.36. The van der Waals surface area contributed by atoms with E-state index in [1.807, 2.05) is 30.3 Å². The highest BCUT2D eigenvalue weighted by Gasteiger charge is 2.13. The van der Waals surface area contributed by atoms with Crippen molar-refractivity contribution in [3.05, 3.63) is 72.6 Å². The number of aromatic nitrogens is 2. The third-order valence-corrected chi connectivity index (χ3v) is 5.21. The molecule has 0 aliphatic carbocycles. The zero-order chi connectivity index (χ0) is 17.2. The average Bonchev–Trinajstić information content (AvgIpc) is 3.08. The number of hydrogen-bond donors (Lipinski definition) is 2. The molecule has 0 spiro atoms. The molecule has 2 N–H and O–H groups in total. The van der Waals surface area contributed by atoms with E-state index in [0.29, 0.717) is 0 Å². The minimum absolute atomic E-state index is 0.142. The van der Waals surface area contributed by atoms with Crippen LogP contribution in [0.3, 0.4) is 0 Å². The Morgan fingerprint density at radius 2 is 1.84 bits per heavy atom. The number of nitrogens with zero attached hydrogens (tertiary/aromatic N) is 2. The molecule has 2 aromatic heterocycles. The van der Waals surface area contributed by atoms with Crippen LogP contribution in [0.1, 0.15) is 18.5 Å². The summed E-state index contributed by atoms with van der Waals surface area (Å²) in [5.41, 5.74) is 2.18. The number of thiophene rings is 1. The lowest BCUT2D eigenvalue weighted by atomic mass is 10.1. The number of fused-ring (bicyclic) bond motifs is 1. The van der Waals surface area contributed by atoms with Crippen LogP contribution < -0.4 is 5.32 Å². The Morgan fingerprint density at radius 3 is 2.64 bits per heavy atom. The largest absolute Gasteiger partial charge is 0.508 e. The fraction of sp³-hybridized carbons (Fsp3) is 0.100. The van der Waals surface area contributed by atoms with E-state index in [1.165, 1.54) is 5.56 Å². The van der Waals surface area contributed by atoms with Gasteiger partial charge >= 0.3 is 0 Å². The lowest BCUT2D eigenvalue weighted by Gasteiger charge is -2.15. The molecule has 5 heteroatoms. The van der Waals surface area contributed by atoms with Crippen LogP contribution >= 0.6 is 11.3 Å². The molecule has 0 unspecified atom stereocenters. The zero-order valence-electron chi connectivity index (χ0n) is 13.7. The third-order valence-electron chi connectivity index (χ3n) is 4.11. The first-order valence-electron chi connectivity index (χ1n) is 8.06. The van der Waals surface area contributed by atoms with Gasteiger partial charge in [-0.2, -0.15) is 0 Å². The normalized spacial score (nSPS) is 12.2. The SMILES string of the molecule is C[C@@H](Nc1ncnc2sc(-c3cccc(O)c3)cc12)c1ccccc1. The van der Waals surface area contributed by atoms with Crippen molar-refractivity contribution in [3.63, 3.8) is 0 Å². The van der Waals surface area contributed by atoms with Gasteiger partial charge in [0.25, 0.3) is 0 Å². The van der Waals surface area contributed by atoms with Gasteiger partial charge in [-0.05, 0) is 36.2 Å². The molecule has 4 rings (SSSR count). The fourth-order valence-corrected chi connectivity index (χ4v) is 3.80. The van der Waals surface area contributed by atoms with Crippen LogP contribution in [0.15, 0.2) is 67.0 Å². The number of anilines is 1. The summed E-state index contributed by atoms with van der Waals surface area (Å²) in [7, 11) is 0. The van der Waals surface area contributed by atoms with Gasteiger partial charge in [0.15, 0.2) is 0 Å². The second-order valence-corrected chi connectivity index (χ2v) is 6.91. The standard InChI is InChI=1S/C20H17N3OS/c1-13(14-6-3-2-4-7-14)23-19-17-11-18(25-20(17)22-12-21-19)15-8-5-9-16(24)10-15/h2-13,24H,1H3,(H,21,22,23)/t13-/m1/s1. The smallest absolute Gasteiger partial charge is 0.138 e. The molecule has 0 amide bonds. The van der Waals surface area contributed by atoms with Crippen molar-refractivity contribution in [3.8, 4) is 16.2 Å². The predicted molar refractivity (Wildman–Crippen MR) is 103 cm³/mol. The van der Waals surface area contributed by atoms with Crippen LogP contribution in [-0.4, -0.2) is 15.1 Å². The molecule has 25 heavy (non-hydrogen) atoms. The predicted octanol–water partition coefficient (Wildman–Crippen LogP) is 5.24. The van der Waals surface area contributed by atoms with Crippen molar-refractivity contribution >= 4 is 27.4 Å². The Balaban J connectivity index is 1.70. The summed E-state index contributed by atoms with van der Waals surface area (Å²) in [6.07, 6.45) is 1.59. The summed E-state index contributed by atoms with van der Waals surface area (Å²) in [6.45, 7) is 2.12. The zero-order valence-corrected chi connectivity index (χ0v) is 14.5. The molecule has 4 aromatic rings. The van der Waals surface area contributed by atoms with Crippen molar-refractivity contribution in [2.75, 3.05) is 5.32 Å². The molecule has 124 valence electrons. The first kappa shape index (κ1) is 15.6. The summed E-state index contributed by atoms with van der Waals surface area (Å²) in [4.78, 5) is 10.8. The van der Waals surface area contributed by atoms with Crippen LogP contribution in [0.25, 0.3) is 20.7 Å². The summed E-state index contributed by atoms with van der Waals surface area (Å²) in [5, 5.41) is 14.2. The maximum Gasteiger partial charge on any atom is 0.138 e. The Hall–Kier alpha value is -2.92. The van der Waals surface area contributed by atoms with E-state index >= 15 is 0 Å². The molecular formula is C20H17N3OS. The van der Waals surface area contributed by atoms with E-state index in [1.54, 1.807) is 29.8 Å². The van der Waals surface area contributed by atoms with Gasteiger partial charge in [0, 0.05) is 10.9 Å². The molecule has 4 nitrogen and oxygen atoms in total. The van der Waals surface area contributed by atoms with Crippen molar-refractivity contribution in [1.29, 1.82) is 0 Å². The van der Waals surface area contributed by atoms with Gasteiger partial charge in [0.05, 0.1) is 5.39 Å². The lowest BCUT2D eigenvalue weighted by molar-refractivity contribution is 0.475. The van der Waals surface area contributed by atoms with Gasteiger partial charge in [0.2, 0.25) is 0 Å². The van der Waals surface area contributed by atoms with Gasteiger partial charge in [-0.15, -0.1) is 11.3 Å². The van der Waals surface area contributed by atoms with E-state index in [4.69, 9.17) is 0 Å². The number of hydrogen-bond acceptors (Lipinski definition) is 5. The highest BCUT2D eigenvalue weighted by atomic mass is 32.1. The van der Waals surface area contributed by atoms with Gasteiger partial charge in [-0.3, -0.25) is 0 Å². The summed E-state index contributed by atoms with van der Waals surface area (Å²) < 4.78 is 0. The number of phenolic OH excluding ortho intramolecular Hbond substituents is 1. The average molecular weight is 347 g/mol. The highest BCUT2D eigenvalue weighted by molar-refractivity contribution is 7.21. The molecular weight excluding hydrogens is 330 g/mol. The summed E-state index contributed by atoms with van der Waals surface area (Å²) >= 11 is 1.59. The Bertz CT molecular complexity index is 1010. The Kier molecular flexibility index (Phi) is 4.07. The number of benzene rings is 2.